The summed E-state index contributed by atoms with van der Waals surface area (Å²) in [6, 6.07) is 0.146. The molecule has 9 nitrogen and oxygen atoms in total. The van der Waals surface area contributed by atoms with E-state index in [1.807, 2.05) is 13.8 Å². The summed E-state index contributed by atoms with van der Waals surface area (Å²) in [7, 11) is -2.18. The molecule has 1 saturated heterocycles. The summed E-state index contributed by atoms with van der Waals surface area (Å²) in [4.78, 5) is 12.2. The summed E-state index contributed by atoms with van der Waals surface area (Å²) in [5.74, 6) is 0.548. The van der Waals surface area contributed by atoms with E-state index in [0.717, 1.165) is 6.42 Å². The fourth-order valence-electron chi connectivity index (χ4n) is 2.78. The van der Waals surface area contributed by atoms with Crippen molar-refractivity contribution < 1.29 is 17.9 Å². The molecule has 2 aromatic rings. The lowest BCUT2D eigenvalue weighted by Gasteiger charge is -2.31. The highest BCUT2D eigenvalue weighted by atomic mass is 32.2. The molecule has 26 heavy (non-hydrogen) atoms. The first-order valence-corrected chi connectivity index (χ1v) is 9.91. The average molecular weight is 381 g/mol. The first-order chi connectivity index (χ1) is 12.4. The molecule has 0 aromatic carbocycles. The van der Waals surface area contributed by atoms with Crippen LogP contribution in [-0.4, -0.2) is 58.5 Å². The molecule has 0 radical (unpaired) electrons. The minimum Gasteiger partial charge on any atom is -0.477 e. The molecule has 0 aliphatic carbocycles. The average Bonchev–Trinajstić information content (AvgIpc) is 3.14. The van der Waals surface area contributed by atoms with Crippen molar-refractivity contribution in [3.8, 4) is 11.8 Å². The Bertz CT molecular complexity index is 852. The van der Waals surface area contributed by atoms with Crippen LogP contribution in [0.3, 0.4) is 0 Å². The van der Waals surface area contributed by atoms with Crippen molar-refractivity contribution in [2.75, 3.05) is 20.2 Å². The molecule has 3 rings (SSSR count). The summed E-state index contributed by atoms with van der Waals surface area (Å²) >= 11 is 0. The molecular formula is C16H23N5O4S. The van der Waals surface area contributed by atoms with E-state index in [1.54, 1.807) is 17.1 Å². The van der Waals surface area contributed by atoms with Crippen molar-refractivity contribution in [2.24, 2.45) is 0 Å². The minimum absolute atomic E-state index is 0.0592. The number of methoxy groups -OCH3 is 1. The van der Waals surface area contributed by atoms with E-state index in [-0.39, 0.29) is 35.5 Å². The fourth-order valence-corrected chi connectivity index (χ4v) is 4.21. The van der Waals surface area contributed by atoms with Crippen LogP contribution in [0.4, 0.5) is 0 Å². The smallest absolute Gasteiger partial charge is 0.278 e. The quantitative estimate of drug-likeness (QED) is 0.747. The lowest BCUT2D eigenvalue weighted by Crippen LogP contribution is -2.44. The van der Waals surface area contributed by atoms with Gasteiger partial charge in [-0.2, -0.15) is 4.31 Å². The summed E-state index contributed by atoms with van der Waals surface area (Å²) < 4.78 is 39.9. The van der Waals surface area contributed by atoms with Crippen LogP contribution in [0.5, 0.6) is 11.8 Å². The Morgan fingerprint density at radius 2 is 1.92 bits per heavy atom. The van der Waals surface area contributed by atoms with Crippen molar-refractivity contribution in [3.05, 3.63) is 24.9 Å². The highest BCUT2D eigenvalue weighted by Crippen LogP contribution is 2.26. The van der Waals surface area contributed by atoms with Gasteiger partial charge in [-0.25, -0.2) is 23.4 Å². The molecule has 2 aromatic heterocycles. The maximum Gasteiger partial charge on any atom is 0.278 e. The van der Waals surface area contributed by atoms with E-state index >= 15 is 0 Å². The van der Waals surface area contributed by atoms with E-state index in [2.05, 4.69) is 15.0 Å². The van der Waals surface area contributed by atoms with Crippen LogP contribution < -0.4 is 9.47 Å². The van der Waals surface area contributed by atoms with Crippen LogP contribution >= 0.6 is 0 Å². The Morgan fingerprint density at radius 1 is 1.19 bits per heavy atom. The minimum atomic E-state index is -3.66. The third-order valence-electron chi connectivity index (χ3n) is 4.22. The number of hydrogen-bond acceptors (Lipinski definition) is 7. The lowest BCUT2D eigenvalue weighted by atomic mass is 10.1. The number of nitrogens with zero attached hydrogens (tertiary/aromatic N) is 5. The summed E-state index contributed by atoms with van der Waals surface area (Å²) in [5, 5.41) is 0.0592. The second-order valence-electron chi connectivity index (χ2n) is 6.37. The molecule has 0 saturated carbocycles. The van der Waals surface area contributed by atoms with Gasteiger partial charge >= 0.3 is 0 Å². The molecule has 142 valence electrons. The summed E-state index contributed by atoms with van der Waals surface area (Å²) in [5.41, 5.74) is 0. The van der Waals surface area contributed by atoms with Crippen LogP contribution in [0.15, 0.2) is 29.9 Å². The van der Waals surface area contributed by atoms with Crippen molar-refractivity contribution in [2.45, 2.75) is 43.9 Å². The van der Waals surface area contributed by atoms with E-state index in [0.29, 0.717) is 13.0 Å². The van der Waals surface area contributed by atoms with Gasteiger partial charge in [0.2, 0.25) is 0 Å². The second-order valence-corrected chi connectivity index (χ2v) is 8.25. The molecule has 0 bridgehead atoms. The molecule has 10 heteroatoms. The number of sulfonamides is 1. The van der Waals surface area contributed by atoms with Gasteiger partial charge in [0.15, 0.2) is 5.03 Å². The van der Waals surface area contributed by atoms with Gasteiger partial charge in [0.05, 0.1) is 20.0 Å². The zero-order valence-corrected chi connectivity index (χ0v) is 15.9. The standard InChI is InChI=1S/C16H23N5O4S/c1-12(2)20-10-14(19-11-20)26(22,23)21-8-4-5-13(9-21)25-16-15(24-3)17-6-7-18-16/h6-7,10-13H,4-5,8-9H2,1-3H3. The zero-order chi connectivity index (χ0) is 18.7. The predicted octanol–water partition coefficient (Wildman–Crippen LogP) is 1.49. The van der Waals surface area contributed by atoms with Gasteiger partial charge in [-0.05, 0) is 26.7 Å². The largest absolute Gasteiger partial charge is 0.477 e. The van der Waals surface area contributed by atoms with Crippen molar-refractivity contribution in [1.29, 1.82) is 0 Å². The maximum atomic E-state index is 12.9. The lowest BCUT2D eigenvalue weighted by molar-refractivity contribution is 0.119. The van der Waals surface area contributed by atoms with E-state index in [4.69, 9.17) is 9.47 Å². The number of ether oxygens (including phenoxy) is 2. The first kappa shape index (κ1) is 18.6. The van der Waals surface area contributed by atoms with Crippen molar-refractivity contribution >= 4 is 10.0 Å². The molecular weight excluding hydrogens is 358 g/mol. The van der Waals surface area contributed by atoms with Crippen LogP contribution in [0, 0.1) is 0 Å². The van der Waals surface area contributed by atoms with E-state index in [1.165, 1.54) is 23.8 Å². The van der Waals surface area contributed by atoms with E-state index in [9.17, 15) is 8.42 Å². The Kier molecular flexibility index (Phi) is 5.42. The van der Waals surface area contributed by atoms with E-state index < -0.39 is 10.0 Å². The second kappa shape index (κ2) is 7.58. The Balaban J connectivity index is 1.75. The van der Waals surface area contributed by atoms with Crippen LogP contribution in [0.25, 0.3) is 0 Å². The molecule has 1 aliphatic heterocycles. The normalized spacial score (nSPS) is 18.8. The van der Waals surface area contributed by atoms with Crippen LogP contribution in [0.1, 0.15) is 32.7 Å². The van der Waals surface area contributed by atoms with Gasteiger partial charge in [-0.3, -0.25) is 0 Å². The molecule has 0 N–H and O–H groups in total. The molecule has 1 unspecified atom stereocenters. The Morgan fingerprint density at radius 3 is 2.58 bits per heavy atom. The Hall–Kier alpha value is -2.20. The Labute approximate surface area is 153 Å². The summed E-state index contributed by atoms with van der Waals surface area (Å²) in [6.45, 7) is 4.61. The van der Waals surface area contributed by atoms with Crippen LogP contribution in [0.2, 0.25) is 0 Å². The molecule has 1 atom stereocenters. The van der Waals surface area contributed by atoms with Crippen molar-refractivity contribution in [3.63, 3.8) is 0 Å². The predicted molar refractivity (Wildman–Crippen MR) is 93.6 cm³/mol. The number of hydrogen-bond donors (Lipinski definition) is 0. The number of imidazole rings is 1. The van der Waals surface area contributed by atoms with Gasteiger partial charge < -0.3 is 14.0 Å². The highest BCUT2D eigenvalue weighted by molar-refractivity contribution is 7.89. The van der Waals surface area contributed by atoms with Gasteiger partial charge in [0, 0.05) is 31.2 Å². The first-order valence-electron chi connectivity index (χ1n) is 8.47. The monoisotopic (exact) mass is 381 g/mol. The molecule has 1 fully saturated rings. The fraction of sp³-hybridized carbons (Fsp3) is 0.562. The number of piperidine rings is 1. The molecule has 0 spiro atoms. The molecule has 1 aliphatic rings. The van der Waals surface area contributed by atoms with Gasteiger partial charge in [-0.15, -0.1) is 0 Å². The highest BCUT2D eigenvalue weighted by Gasteiger charge is 2.33. The third kappa shape index (κ3) is 3.80. The van der Waals surface area contributed by atoms with Gasteiger partial charge in [0.25, 0.3) is 21.8 Å². The zero-order valence-electron chi connectivity index (χ0n) is 15.1. The van der Waals surface area contributed by atoms with Gasteiger partial charge in [-0.1, -0.05) is 0 Å². The summed E-state index contributed by atoms with van der Waals surface area (Å²) in [6.07, 6.45) is 7.22. The number of aromatic nitrogens is 4. The topological polar surface area (TPSA) is 99.4 Å². The number of rotatable bonds is 6. The van der Waals surface area contributed by atoms with Crippen LogP contribution in [-0.2, 0) is 10.0 Å². The van der Waals surface area contributed by atoms with Crippen molar-refractivity contribution in [1.82, 2.24) is 23.8 Å². The molecule has 3 heterocycles. The molecule has 0 amide bonds. The third-order valence-corrected chi connectivity index (χ3v) is 5.97. The SMILES string of the molecule is COc1nccnc1OC1CCCN(S(=O)(=O)c2cn(C(C)C)cn2)C1. The van der Waals surface area contributed by atoms with Gasteiger partial charge in [0.1, 0.15) is 6.10 Å². The maximum absolute atomic E-state index is 12.9.